The summed E-state index contributed by atoms with van der Waals surface area (Å²) < 4.78 is 11.6. The Morgan fingerprint density at radius 2 is 1.92 bits per heavy atom. The van der Waals surface area contributed by atoms with Crippen molar-refractivity contribution < 1.29 is 9.15 Å². The first-order valence-electron chi connectivity index (χ1n) is 9.02. The monoisotopic (exact) mass is 349 g/mol. The summed E-state index contributed by atoms with van der Waals surface area (Å²) in [5, 5.41) is 1.01. The van der Waals surface area contributed by atoms with Crippen LogP contribution in [0.1, 0.15) is 34.7 Å². The lowest BCUT2D eigenvalue weighted by molar-refractivity contribution is 0.287. The van der Waals surface area contributed by atoms with Crippen LogP contribution in [-0.4, -0.2) is 6.73 Å². The fraction of sp³-hybridized carbons (Fsp3) is 0.318. The standard InChI is InChI=1S/C22H23NO3/c1-5-16-10-20(24)26-22-15(4)21-17(9-18(16)22)11-23(12-25-21)19-8-13(2)6-7-14(19)3/h6-10H,5,11-12H2,1-4H3. The molecule has 0 bridgehead atoms. The molecule has 4 heteroatoms. The molecule has 4 rings (SSSR count). The van der Waals surface area contributed by atoms with Gasteiger partial charge in [-0.3, -0.25) is 0 Å². The second-order valence-corrected chi connectivity index (χ2v) is 7.07. The van der Waals surface area contributed by atoms with E-state index in [9.17, 15) is 4.79 Å². The van der Waals surface area contributed by atoms with Gasteiger partial charge in [-0.25, -0.2) is 4.79 Å². The van der Waals surface area contributed by atoms with Crippen molar-refractivity contribution in [1.29, 1.82) is 0 Å². The van der Waals surface area contributed by atoms with Crippen molar-refractivity contribution >= 4 is 16.7 Å². The highest BCUT2D eigenvalue weighted by atomic mass is 16.5. The maximum absolute atomic E-state index is 11.9. The SMILES string of the molecule is CCc1cc(=O)oc2c(C)c3c(cc12)CN(c1cc(C)ccc1C)CO3. The fourth-order valence-corrected chi connectivity index (χ4v) is 3.79. The number of rotatable bonds is 2. The molecule has 134 valence electrons. The number of hydrogen-bond donors (Lipinski definition) is 0. The predicted octanol–water partition coefficient (Wildman–Crippen LogP) is 4.64. The van der Waals surface area contributed by atoms with E-state index in [1.54, 1.807) is 6.07 Å². The van der Waals surface area contributed by atoms with Crippen molar-refractivity contribution in [2.24, 2.45) is 0 Å². The normalized spacial score (nSPS) is 13.6. The van der Waals surface area contributed by atoms with Crippen molar-refractivity contribution in [3.63, 3.8) is 0 Å². The molecular formula is C22H23NO3. The van der Waals surface area contributed by atoms with Gasteiger partial charge in [-0.05, 0) is 56.0 Å². The fourth-order valence-electron chi connectivity index (χ4n) is 3.79. The van der Waals surface area contributed by atoms with Crippen LogP contribution in [0.15, 0.2) is 39.5 Å². The van der Waals surface area contributed by atoms with Crippen molar-refractivity contribution in [3.05, 3.63) is 68.6 Å². The Morgan fingerprint density at radius 3 is 2.69 bits per heavy atom. The zero-order valence-electron chi connectivity index (χ0n) is 15.7. The van der Waals surface area contributed by atoms with Crippen LogP contribution >= 0.6 is 0 Å². The van der Waals surface area contributed by atoms with Gasteiger partial charge in [0.25, 0.3) is 0 Å². The maximum atomic E-state index is 11.9. The Balaban J connectivity index is 1.84. The van der Waals surface area contributed by atoms with E-state index in [4.69, 9.17) is 9.15 Å². The Kier molecular flexibility index (Phi) is 3.98. The smallest absolute Gasteiger partial charge is 0.336 e. The first-order valence-corrected chi connectivity index (χ1v) is 9.02. The van der Waals surface area contributed by atoms with Gasteiger partial charge in [-0.2, -0.15) is 0 Å². The number of aryl methyl sites for hydroxylation is 4. The van der Waals surface area contributed by atoms with E-state index in [1.165, 1.54) is 16.8 Å². The molecule has 26 heavy (non-hydrogen) atoms. The number of fused-ring (bicyclic) bond motifs is 2. The van der Waals surface area contributed by atoms with Crippen molar-refractivity contribution in [3.8, 4) is 5.75 Å². The molecule has 0 atom stereocenters. The molecule has 1 aliphatic heterocycles. The molecule has 0 amide bonds. The van der Waals surface area contributed by atoms with E-state index in [0.29, 0.717) is 12.3 Å². The number of ether oxygens (including phenoxy) is 1. The number of anilines is 1. The van der Waals surface area contributed by atoms with Gasteiger partial charge in [0, 0.05) is 34.8 Å². The van der Waals surface area contributed by atoms with Crippen LogP contribution in [0.5, 0.6) is 5.75 Å². The molecule has 0 spiro atoms. The Hall–Kier alpha value is -2.75. The van der Waals surface area contributed by atoms with Gasteiger partial charge in [-0.1, -0.05) is 19.1 Å². The summed E-state index contributed by atoms with van der Waals surface area (Å²) in [5.41, 5.74) is 7.07. The van der Waals surface area contributed by atoms with Crippen molar-refractivity contribution in [2.75, 3.05) is 11.6 Å². The Morgan fingerprint density at radius 1 is 1.12 bits per heavy atom. The van der Waals surface area contributed by atoms with E-state index >= 15 is 0 Å². The number of benzene rings is 2. The van der Waals surface area contributed by atoms with Crippen LogP contribution in [-0.2, 0) is 13.0 Å². The molecule has 0 saturated carbocycles. The van der Waals surface area contributed by atoms with Gasteiger partial charge in [0.05, 0.1) is 0 Å². The number of hydrogen-bond acceptors (Lipinski definition) is 4. The summed E-state index contributed by atoms with van der Waals surface area (Å²) in [6.07, 6.45) is 0.794. The average Bonchev–Trinajstić information content (AvgIpc) is 2.63. The zero-order valence-corrected chi connectivity index (χ0v) is 15.7. The molecule has 2 aromatic carbocycles. The summed E-state index contributed by atoms with van der Waals surface area (Å²) in [5.74, 6) is 0.843. The van der Waals surface area contributed by atoms with Crippen molar-refractivity contribution in [1.82, 2.24) is 0 Å². The van der Waals surface area contributed by atoms with Gasteiger partial charge in [0.1, 0.15) is 11.3 Å². The molecule has 0 unspecified atom stereocenters. The van der Waals surface area contributed by atoms with E-state index in [-0.39, 0.29) is 5.63 Å². The quantitative estimate of drug-likeness (QED) is 0.632. The summed E-state index contributed by atoms with van der Waals surface area (Å²) in [6, 6.07) is 10.2. The van der Waals surface area contributed by atoms with Crippen LogP contribution < -0.4 is 15.3 Å². The largest absolute Gasteiger partial charge is 0.472 e. The molecule has 3 aromatic rings. The highest BCUT2D eigenvalue weighted by molar-refractivity contribution is 5.86. The third-order valence-corrected chi connectivity index (χ3v) is 5.19. The third kappa shape index (κ3) is 2.66. The van der Waals surface area contributed by atoms with Gasteiger partial charge in [-0.15, -0.1) is 0 Å². The maximum Gasteiger partial charge on any atom is 0.336 e. The highest BCUT2D eigenvalue weighted by Crippen LogP contribution is 2.37. The van der Waals surface area contributed by atoms with Gasteiger partial charge >= 0.3 is 5.63 Å². The van der Waals surface area contributed by atoms with Crippen LogP contribution in [0, 0.1) is 20.8 Å². The molecule has 0 fully saturated rings. The van der Waals surface area contributed by atoms with Crippen LogP contribution in [0.25, 0.3) is 11.0 Å². The lowest BCUT2D eigenvalue weighted by Gasteiger charge is -2.33. The molecule has 0 N–H and O–H groups in total. The third-order valence-electron chi connectivity index (χ3n) is 5.19. The molecule has 0 radical (unpaired) electrons. The molecular weight excluding hydrogens is 326 g/mol. The van der Waals surface area contributed by atoms with Crippen molar-refractivity contribution in [2.45, 2.75) is 40.7 Å². The lowest BCUT2D eigenvalue weighted by Crippen LogP contribution is -2.32. The first kappa shape index (κ1) is 16.7. The summed E-state index contributed by atoms with van der Waals surface area (Å²) in [4.78, 5) is 14.1. The molecule has 4 nitrogen and oxygen atoms in total. The number of nitrogens with zero attached hydrogens (tertiary/aromatic N) is 1. The topological polar surface area (TPSA) is 42.7 Å². The van der Waals surface area contributed by atoms with E-state index in [1.807, 2.05) is 6.92 Å². The minimum absolute atomic E-state index is 0.301. The predicted molar refractivity (Wildman–Crippen MR) is 104 cm³/mol. The van der Waals surface area contributed by atoms with Crippen LogP contribution in [0.2, 0.25) is 0 Å². The summed E-state index contributed by atoms with van der Waals surface area (Å²) in [7, 11) is 0. The average molecular weight is 349 g/mol. The van der Waals surface area contributed by atoms with Gasteiger partial charge < -0.3 is 14.1 Å². The van der Waals surface area contributed by atoms with Gasteiger partial charge in [0.15, 0.2) is 6.73 Å². The van der Waals surface area contributed by atoms with E-state index in [0.717, 1.165) is 40.8 Å². The first-order chi connectivity index (χ1) is 12.5. The zero-order chi connectivity index (χ0) is 18.4. The second kappa shape index (κ2) is 6.20. The molecule has 1 aliphatic rings. The summed E-state index contributed by atoms with van der Waals surface area (Å²) >= 11 is 0. The minimum atomic E-state index is -0.301. The molecule has 2 heterocycles. The molecule has 1 aromatic heterocycles. The van der Waals surface area contributed by atoms with E-state index in [2.05, 4.69) is 49.9 Å². The van der Waals surface area contributed by atoms with E-state index < -0.39 is 0 Å². The lowest BCUT2D eigenvalue weighted by atomic mass is 9.99. The molecule has 0 saturated heterocycles. The Bertz CT molecular complexity index is 1070. The van der Waals surface area contributed by atoms with Gasteiger partial charge in [0.2, 0.25) is 0 Å². The molecule has 0 aliphatic carbocycles. The van der Waals surface area contributed by atoms with Crippen LogP contribution in [0.3, 0.4) is 0 Å². The minimum Gasteiger partial charge on any atom is -0.472 e. The second-order valence-electron chi connectivity index (χ2n) is 7.07. The van der Waals surface area contributed by atoms with Crippen LogP contribution in [0.4, 0.5) is 5.69 Å². The summed E-state index contributed by atoms with van der Waals surface area (Å²) in [6.45, 7) is 9.52. The highest BCUT2D eigenvalue weighted by Gasteiger charge is 2.23. The Labute approximate surface area is 153 Å².